The van der Waals surface area contributed by atoms with Gasteiger partial charge in [0.15, 0.2) is 0 Å². The molecule has 66 valence electrons. The second-order valence-electron chi connectivity index (χ2n) is 2.88. The summed E-state index contributed by atoms with van der Waals surface area (Å²) in [6.07, 6.45) is 0. The Balaban J connectivity index is 0.000000980. The summed E-state index contributed by atoms with van der Waals surface area (Å²) in [5.41, 5.74) is 2.36. The van der Waals surface area contributed by atoms with Crippen molar-refractivity contribution in [2.45, 2.75) is 0 Å². The minimum absolute atomic E-state index is 0. The predicted molar refractivity (Wildman–Crippen MR) is 58.0 cm³/mol. The SMILES string of the molecule is Clc1cccc(-c2ccccc2)c1.[H-].[Li+]. The molecule has 0 aromatic heterocycles. The third-order valence-electron chi connectivity index (χ3n) is 1.93. The van der Waals surface area contributed by atoms with Gasteiger partial charge < -0.3 is 1.43 Å². The zero-order valence-corrected chi connectivity index (χ0v) is 8.83. The predicted octanol–water partition coefficient (Wildman–Crippen LogP) is 1.12. The number of halogens is 1. The largest absolute Gasteiger partial charge is 1.00 e. The molecule has 0 aliphatic carbocycles. The molecule has 2 rings (SSSR count). The molecule has 0 N–H and O–H groups in total. The summed E-state index contributed by atoms with van der Waals surface area (Å²) in [5, 5.41) is 0.779. The standard InChI is InChI=1S/C12H9Cl.Li.H/c13-12-8-4-7-11(9-12)10-5-2-1-3-6-10;;/h1-9H;;/q;+1;-1. The van der Waals surface area contributed by atoms with Gasteiger partial charge in [0.1, 0.15) is 0 Å². The van der Waals surface area contributed by atoms with E-state index in [4.69, 9.17) is 11.6 Å². The molecular formula is C12H10ClLi. The Bertz CT molecular complexity index is 403. The van der Waals surface area contributed by atoms with Gasteiger partial charge in [-0.2, -0.15) is 0 Å². The third-order valence-corrected chi connectivity index (χ3v) is 2.17. The van der Waals surface area contributed by atoms with E-state index >= 15 is 0 Å². The Labute approximate surface area is 103 Å². The van der Waals surface area contributed by atoms with Crippen molar-refractivity contribution < 1.29 is 20.3 Å². The van der Waals surface area contributed by atoms with Crippen molar-refractivity contribution in [3.05, 3.63) is 59.6 Å². The van der Waals surface area contributed by atoms with E-state index in [0.717, 1.165) is 10.6 Å². The van der Waals surface area contributed by atoms with E-state index in [1.807, 2.05) is 36.4 Å². The third kappa shape index (κ3) is 2.66. The van der Waals surface area contributed by atoms with Crippen LogP contribution in [-0.2, 0) is 0 Å². The molecule has 0 saturated carbocycles. The van der Waals surface area contributed by atoms with Crippen LogP contribution in [0.4, 0.5) is 0 Å². The van der Waals surface area contributed by atoms with Crippen molar-refractivity contribution in [2.24, 2.45) is 0 Å². The van der Waals surface area contributed by atoms with Gasteiger partial charge in [0.25, 0.3) is 0 Å². The van der Waals surface area contributed by atoms with Crippen molar-refractivity contribution in [3.8, 4) is 11.1 Å². The molecule has 0 fully saturated rings. The van der Waals surface area contributed by atoms with Gasteiger partial charge in [0, 0.05) is 5.02 Å². The van der Waals surface area contributed by atoms with E-state index in [1.54, 1.807) is 0 Å². The van der Waals surface area contributed by atoms with Crippen molar-refractivity contribution in [3.63, 3.8) is 0 Å². The molecule has 0 nitrogen and oxygen atoms in total. The maximum Gasteiger partial charge on any atom is 1.00 e. The maximum absolute atomic E-state index is 5.89. The molecule has 0 aliphatic heterocycles. The molecule has 2 aromatic rings. The van der Waals surface area contributed by atoms with Crippen molar-refractivity contribution >= 4 is 11.6 Å². The second-order valence-corrected chi connectivity index (χ2v) is 3.31. The van der Waals surface area contributed by atoms with Gasteiger partial charge >= 0.3 is 18.9 Å². The van der Waals surface area contributed by atoms with E-state index in [0.29, 0.717) is 0 Å². The summed E-state index contributed by atoms with van der Waals surface area (Å²) in [5.74, 6) is 0. The van der Waals surface area contributed by atoms with Gasteiger partial charge in [-0.25, -0.2) is 0 Å². The molecular weight excluding hydrogens is 187 g/mol. The van der Waals surface area contributed by atoms with Crippen LogP contribution in [0, 0.1) is 0 Å². The minimum Gasteiger partial charge on any atom is -1.00 e. The first-order valence-corrected chi connectivity index (χ1v) is 4.55. The molecule has 0 heterocycles. The molecule has 0 amide bonds. The van der Waals surface area contributed by atoms with Crippen LogP contribution in [0.2, 0.25) is 5.02 Å². The van der Waals surface area contributed by atoms with Crippen LogP contribution in [-0.4, -0.2) is 0 Å². The van der Waals surface area contributed by atoms with E-state index in [-0.39, 0.29) is 20.3 Å². The van der Waals surface area contributed by atoms with Gasteiger partial charge in [0.2, 0.25) is 0 Å². The molecule has 2 aromatic carbocycles. The van der Waals surface area contributed by atoms with Crippen molar-refractivity contribution in [1.29, 1.82) is 0 Å². The molecule has 0 saturated heterocycles. The normalized spacial score (nSPS) is 9.21. The van der Waals surface area contributed by atoms with Crippen LogP contribution < -0.4 is 18.9 Å². The number of hydrogen-bond acceptors (Lipinski definition) is 0. The summed E-state index contributed by atoms with van der Waals surface area (Å²) >= 11 is 5.89. The molecule has 2 heteroatoms. The number of rotatable bonds is 1. The van der Waals surface area contributed by atoms with Gasteiger partial charge in [-0.3, -0.25) is 0 Å². The van der Waals surface area contributed by atoms with Crippen LogP contribution in [0.3, 0.4) is 0 Å². The van der Waals surface area contributed by atoms with Crippen LogP contribution in [0.25, 0.3) is 11.1 Å². The van der Waals surface area contributed by atoms with Crippen molar-refractivity contribution in [2.75, 3.05) is 0 Å². The molecule has 0 unspecified atom stereocenters. The molecule has 0 bridgehead atoms. The van der Waals surface area contributed by atoms with Crippen LogP contribution in [0.5, 0.6) is 0 Å². The smallest absolute Gasteiger partial charge is 1.00 e. The van der Waals surface area contributed by atoms with Crippen molar-refractivity contribution in [1.82, 2.24) is 0 Å². The first-order valence-electron chi connectivity index (χ1n) is 4.17. The summed E-state index contributed by atoms with van der Waals surface area (Å²) in [6, 6.07) is 18.1. The van der Waals surface area contributed by atoms with Gasteiger partial charge in [-0.05, 0) is 23.3 Å². The zero-order valence-electron chi connectivity index (χ0n) is 9.07. The Morgan fingerprint density at radius 3 is 2.07 bits per heavy atom. The fraction of sp³-hybridized carbons (Fsp3) is 0. The minimum atomic E-state index is 0. The molecule has 0 aliphatic rings. The Kier molecular flexibility index (Phi) is 4.29. The Morgan fingerprint density at radius 1 is 0.786 bits per heavy atom. The number of benzene rings is 2. The molecule has 0 atom stereocenters. The first kappa shape index (κ1) is 11.4. The Morgan fingerprint density at radius 2 is 1.43 bits per heavy atom. The van der Waals surface area contributed by atoms with E-state index < -0.39 is 0 Å². The van der Waals surface area contributed by atoms with Gasteiger partial charge in [-0.15, -0.1) is 0 Å². The molecule has 0 spiro atoms. The van der Waals surface area contributed by atoms with Crippen LogP contribution >= 0.6 is 11.6 Å². The first-order chi connectivity index (χ1) is 6.36. The fourth-order valence-corrected chi connectivity index (χ4v) is 1.49. The van der Waals surface area contributed by atoms with Gasteiger partial charge in [0.05, 0.1) is 0 Å². The molecule has 14 heavy (non-hydrogen) atoms. The average molecular weight is 197 g/mol. The second kappa shape index (κ2) is 5.27. The van der Waals surface area contributed by atoms with Gasteiger partial charge in [-0.1, -0.05) is 54.1 Å². The summed E-state index contributed by atoms with van der Waals surface area (Å²) in [7, 11) is 0. The maximum atomic E-state index is 5.89. The summed E-state index contributed by atoms with van der Waals surface area (Å²) < 4.78 is 0. The topological polar surface area (TPSA) is 0 Å². The van der Waals surface area contributed by atoms with Crippen LogP contribution in [0.1, 0.15) is 1.43 Å². The van der Waals surface area contributed by atoms with E-state index in [2.05, 4.69) is 18.2 Å². The zero-order chi connectivity index (χ0) is 9.10. The summed E-state index contributed by atoms with van der Waals surface area (Å²) in [6.45, 7) is 0. The van der Waals surface area contributed by atoms with E-state index in [9.17, 15) is 0 Å². The fourth-order valence-electron chi connectivity index (χ4n) is 1.30. The number of hydrogen-bond donors (Lipinski definition) is 0. The van der Waals surface area contributed by atoms with E-state index in [1.165, 1.54) is 5.56 Å². The Hall–Kier alpha value is -0.673. The van der Waals surface area contributed by atoms with Crippen LogP contribution in [0.15, 0.2) is 54.6 Å². The quantitative estimate of drug-likeness (QED) is 0.600. The molecule has 0 radical (unpaired) electrons. The average Bonchev–Trinajstić information content (AvgIpc) is 2.19. The summed E-state index contributed by atoms with van der Waals surface area (Å²) in [4.78, 5) is 0. The monoisotopic (exact) mass is 196 g/mol.